The number of carboxylic acids is 1. The molecule has 92 valence electrons. The molecule has 0 spiro atoms. The van der Waals surface area contributed by atoms with Gasteiger partial charge in [-0.3, -0.25) is 0 Å². The predicted octanol–water partition coefficient (Wildman–Crippen LogP) is 1.24. The Morgan fingerprint density at radius 1 is 1.11 bits per heavy atom. The molecule has 0 aliphatic rings. The molecule has 0 aromatic heterocycles. The van der Waals surface area contributed by atoms with Crippen LogP contribution < -0.4 is 16.2 Å². The lowest BCUT2D eigenvalue weighted by Crippen LogP contribution is -2.22. The van der Waals surface area contributed by atoms with Gasteiger partial charge >= 0.3 is 0 Å². The van der Waals surface area contributed by atoms with E-state index in [-0.39, 0.29) is 5.56 Å². The zero-order valence-corrected chi connectivity index (χ0v) is 9.72. The number of benzene rings is 2. The van der Waals surface area contributed by atoms with E-state index in [1.165, 1.54) is 12.1 Å². The van der Waals surface area contributed by atoms with Gasteiger partial charge in [0, 0.05) is 6.54 Å². The Hall–Kier alpha value is -2.49. The second kappa shape index (κ2) is 5.23. The number of rotatable bonds is 4. The highest BCUT2D eigenvalue weighted by Gasteiger charge is 1.98. The third-order valence-corrected chi connectivity index (χ3v) is 2.63. The third kappa shape index (κ3) is 2.79. The Bertz CT molecular complexity index is 550. The lowest BCUT2D eigenvalue weighted by atomic mass is 10.1. The zero-order chi connectivity index (χ0) is 13.0. The predicted molar refractivity (Wildman–Crippen MR) is 69.0 cm³/mol. The van der Waals surface area contributed by atoms with Gasteiger partial charge in [0.25, 0.3) is 0 Å². The molecule has 0 fully saturated rings. The lowest BCUT2D eigenvalue weighted by molar-refractivity contribution is -0.255. The summed E-state index contributed by atoms with van der Waals surface area (Å²) in [7, 11) is 0. The van der Waals surface area contributed by atoms with Gasteiger partial charge in [-0.05, 0) is 23.3 Å². The van der Waals surface area contributed by atoms with Crippen LogP contribution in [0.4, 0.5) is 11.4 Å². The van der Waals surface area contributed by atoms with E-state index in [4.69, 9.17) is 5.73 Å². The van der Waals surface area contributed by atoms with E-state index in [1.54, 1.807) is 12.1 Å². The van der Waals surface area contributed by atoms with Gasteiger partial charge in [-0.25, -0.2) is 0 Å². The van der Waals surface area contributed by atoms with Crippen LogP contribution in [0.3, 0.4) is 0 Å². The molecule has 3 N–H and O–H groups in total. The van der Waals surface area contributed by atoms with Crippen molar-refractivity contribution in [3.05, 3.63) is 59.7 Å². The largest absolute Gasteiger partial charge is 0.545 e. The molecule has 0 radical (unpaired) electrons. The number of hydrogen-bond donors (Lipinski definition) is 2. The number of aromatic carboxylic acids is 1. The van der Waals surface area contributed by atoms with Crippen molar-refractivity contribution >= 4 is 17.3 Å². The monoisotopic (exact) mass is 241 g/mol. The Morgan fingerprint density at radius 3 is 2.39 bits per heavy atom. The fraction of sp³-hybridized carbons (Fsp3) is 0.0714. The third-order valence-electron chi connectivity index (χ3n) is 2.63. The number of nitrogens with one attached hydrogen (secondary N) is 1. The van der Waals surface area contributed by atoms with Crippen molar-refractivity contribution in [3.8, 4) is 0 Å². The fourth-order valence-electron chi connectivity index (χ4n) is 1.61. The van der Waals surface area contributed by atoms with E-state index in [0.29, 0.717) is 12.2 Å². The van der Waals surface area contributed by atoms with E-state index >= 15 is 0 Å². The highest BCUT2D eigenvalue weighted by atomic mass is 16.4. The molecule has 0 aliphatic carbocycles. The molecule has 2 rings (SSSR count). The SMILES string of the molecule is Nc1ccccc1NCc1ccc(C(=O)[O-])cc1. The second-order valence-corrected chi connectivity index (χ2v) is 3.93. The van der Waals surface area contributed by atoms with Crippen molar-refractivity contribution < 1.29 is 9.90 Å². The average Bonchev–Trinajstić information content (AvgIpc) is 2.38. The molecule has 0 unspecified atom stereocenters. The molecule has 0 atom stereocenters. The van der Waals surface area contributed by atoms with Gasteiger partial charge in [-0.1, -0.05) is 36.4 Å². The number of para-hydroxylation sites is 2. The van der Waals surface area contributed by atoms with Crippen LogP contribution in [0.25, 0.3) is 0 Å². The fourth-order valence-corrected chi connectivity index (χ4v) is 1.61. The first-order valence-electron chi connectivity index (χ1n) is 5.55. The summed E-state index contributed by atoms with van der Waals surface area (Å²) in [6, 6.07) is 14.0. The molecular weight excluding hydrogens is 228 g/mol. The maximum atomic E-state index is 10.6. The van der Waals surface area contributed by atoms with Gasteiger partial charge in [-0.15, -0.1) is 0 Å². The molecule has 2 aromatic rings. The first-order chi connectivity index (χ1) is 8.66. The quantitative estimate of drug-likeness (QED) is 0.789. The van der Waals surface area contributed by atoms with Crippen molar-refractivity contribution in [2.24, 2.45) is 0 Å². The number of nitrogens with two attached hydrogens (primary N) is 1. The van der Waals surface area contributed by atoms with E-state index in [0.717, 1.165) is 11.3 Å². The summed E-state index contributed by atoms with van der Waals surface area (Å²) in [6.45, 7) is 0.585. The van der Waals surface area contributed by atoms with Crippen LogP contribution in [0.1, 0.15) is 15.9 Å². The minimum atomic E-state index is -1.16. The summed E-state index contributed by atoms with van der Waals surface area (Å²) in [5.74, 6) is -1.16. The normalized spacial score (nSPS) is 10.0. The van der Waals surface area contributed by atoms with E-state index in [2.05, 4.69) is 5.32 Å². The first kappa shape index (κ1) is 12.0. The molecule has 0 amide bonds. The van der Waals surface area contributed by atoms with Crippen molar-refractivity contribution in [2.45, 2.75) is 6.54 Å². The average molecular weight is 241 g/mol. The Balaban J connectivity index is 2.02. The number of carbonyl (C=O) groups excluding carboxylic acids is 1. The highest BCUT2D eigenvalue weighted by Crippen LogP contribution is 2.17. The summed E-state index contributed by atoms with van der Waals surface area (Å²) >= 11 is 0. The standard InChI is InChI=1S/C14H14N2O2/c15-12-3-1-2-4-13(12)16-9-10-5-7-11(8-6-10)14(17)18/h1-8,16H,9,15H2,(H,17,18)/p-1. The molecule has 0 bridgehead atoms. The minimum Gasteiger partial charge on any atom is -0.545 e. The lowest BCUT2D eigenvalue weighted by Gasteiger charge is -2.09. The van der Waals surface area contributed by atoms with Crippen LogP contribution in [0, 0.1) is 0 Å². The molecule has 4 heteroatoms. The summed E-state index contributed by atoms with van der Waals surface area (Å²) in [5, 5.41) is 13.8. The first-order valence-corrected chi connectivity index (χ1v) is 5.55. The van der Waals surface area contributed by atoms with Crippen molar-refractivity contribution in [2.75, 3.05) is 11.1 Å². The molecule has 4 nitrogen and oxygen atoms in total. The summed E-state index contributed by atoms with van der Waals surface area (Å²) in [5.41, 5.74) is 8.50. The Morgan fingerprint density at radius 2 is 1.78 bits per heavy atom. The maximum Gasteiger partial charge on any atom is 0.0715 e. The smallest absolute Gasteiger partial charge is 0.0715 e. The van der Waals surface area contributed by atoms with Gasteiger partial charge in [0.15, 0.2) is 0 Å². The van der Waals surface area contributed by atoms with Crippen LogP contribution in [0.5, 0.6) is 0 Å². The van der Waals surface area contributed by atoms with Crippen LogP contribution in [0.2, 0.25) is 0 Å². The van der Waals surface area contributed by atoms with Crippen LogP contribution in [-0.4, -0.2) is 5.97 Å². The molecule has 18 heavy (non-hydrogen) atoms. The molecular formula is C14H13N2O2-. The zero-order valence-electron chi connectivity index (χ0n) is 9.72. The molecule has 0 aliphatic heterocycles. The van der Waals surface area contributed by atoms with Gasteiger partial charge in [0.2, 0.25) is 0 Å². The molecule has 0 saturated heterocycles. The van der Waals surface area contributed by atoms with E-state index in [1.807, 2.05) is 24.3 Å². The Labute approximate surface area is 105 Å². The van der Waals surface area contributed by atoms with Crippen LogP contribution in [-0.2, 0) is 6.54 Å². The summed E-state index contributed by atoms with van der Waals surface area (Å²) in [4.78, 5) is 10.6. The van der Waals surface area contributed by atoms with Gasteiger partial charge in [0.1, 0.15) is 0 Å². The molecule has 0 heterocycles. The Kier molecular flexibility index (Phi) is 3.48. The molecule has 2 aromatic carbocycles. The van der Waals surface area contributed by atoms with Crippen molar-refractivity contribution in [1.29, 1.82) is 0 Å². The van der Waals surface area contributed by atoms with Crippen LogP contribution in [0.15, 0.2) is 48.5 Å². The summed E-state index contributed by atoms with van der Waals surface area (Å²) < 4.78 is 0. The minimum absolute atomic E-state index is 0.179. The number of hydrogen-bond acceptors (Lipinski definition) is 4. The van der Waals surface area contributed by atoms with E-state index in [9.17, 15) is 9.90 Å². The number of carboxylic acid groups (broad SMARTS) is 1. The number of nitrogen functional groups attached to an aromatic ring is 1. The van der Waals surface area contributed by atoms with Gasteiger partial charge in [-0.2, -0.15) is 0 Å². The van der Waals surface area contributed by atoms with E-state index < -0.39 is 5.97 Å². The number of anilines is 2. The van der Waals surface area contributed by atoms with Crippen LogP contribution >= 0.6 is 0 Å². The topological polar surface area (TPSA) is 78.2 Å². The van der Waals surface area contributed by atoms with Crippen molar-refractivity contribution in [3.63, 3.8) is 0 Å². The van der Waals surface area contributed by atoms with Gasteiger partial charge in [0.05, 0.1) is 17.3 Å². The highest BCUT2D eigenvalue weighted by molar-refractivity contribution is 5.85. The number of carbonyl (C=O) groups is 1. The summed E-state index contributed by atoms with van der Waals surface area (Å²) in [6.07, 6.45) is 0. The second-order valence-electron chi connectivity index (χ2n) is 3.93. The molecule has 0 saturated carbocycles. The van der Waals surface area contributed by atoms with Gasteiger partial charge < -0.3 is 21.0 Å². The van der Waals surface area contributed by atoms with Crippen molar-refractivity contribution in [1.82, 2.24) is 0 Å². The maximum absolute atomic E-state index is 10.6.